The smallest absolute Gasteiger partial charge is 0.251 e. The Bertz CT molecular complexity index is 457. The van der Waals surface area contributed by atoms with Gasteiger partial charge in [0.15, 0.2) is 5.11 Å². The first-order valence-corrected chi connectivity index (χ1v) is 7.88. The Morgan fingerprint density at radius 3 is 2.57 bits per heavy atom. The second kappa shape index (κ2) is 9.59. The minimum Gasteiger partial charge on any atom is -0.383 e. The number of hydrazine groups is 1. The molecule has 0 spiro atoms. The van der Waals surface area contributed by atoms with Crippen molar-refractivity contribution in [3.63, 3.8) is 0 Å². The largest absolute Gasteiger partial charge is 0.383 e. The number of thioether (sulfide) groups is 1. The van der Waals surface area contributed by atoms with Gasteiger partial charge in [0, 0.05) is 18.0 Å². The molecule has 5 nitrogen and oxygen atoms in total. The quantitative estimate of drug-likeness (QED) is 0.420. The Kier molecular flexibility index (Phi) is 8.11. The van der Waals surface area contributed by atoms with Crippen LogP contribution >= 0.6 is 24.0 Å². The van der Waals surface area contributed by atoms with Crippen molar-refractivity contribution in [3.05, 3.63) is 30.3 Å². The van der Waals surface area contributed by atoms with Crippen LogP contribution in [0.25, 0.3) is 0 Å². The van der Waals surface area contributed by atoms with Crippen LogP contribution in [0.5, 0.6) is 0 Å². The topological polar surface area (TPSA) is 62.4 Å². The van der Waals surface area contributed by atoms with Gasteiger partial charge in [-0.1, -0.05) is 18.2 Å². The first-order valence-electron chi connectivity index (χ1n) is 6.60. The maximum Gasteiger partial charge on any atom is 0.251 e. The third-order valence-electron chi connectivity index (χ3n) is 2.52. The molecule has 116 valence electrons. The van der Waals surface area contributed by atoms with E-state index in [1.54, 1.807) is 7.11 Å². The number of rotatable bonds is 6. The van der Waals surface area contributed by atoms with Gasteiger partial charge in [-0.3, -0.25) is 15.6 Å². The Morgan fingerprint density at radius 1 is 1.29 bits per heavy atom. The van der Waals surface area contributed by atoms with E-state index in [1.807, 2.05) is 44.2 Å². The van der Waals surface area contributed by atoms with E-state index in [-0.39, 0.29) is 17.2 Å². The summed E-state index contributed by atoms with van der Waals surface area (Å²) in [5.74, 6) is -0.132. The van der Waals surface area contributed by atoms with Gasteiger partial charge in [0.2, 0.25) is 0 Å². The fourth-order valence-corrected chi connectivity index (χ4v) is 2.67. The van der Waals surface area contributed by atoms with Crippen LogP contribution in [0.15, 0.2) is 35.2 Å². The van der Waals surface area contributed by atoms with Gasteiger partial charge in [-0.05, 0) is 38.2 Å². The Balaban J connectivity index is 2.31. The minimum absolute atomic E-state index is 0.0722. The first-order chi connectivity index (χ1) is 10.0. The molecule has 1 aromatic carbocycles. The third-order valence-corrected chi connectivity index (χ3v) is 3.85. The summed E-state index contributed by atoms with van der Waals surface area (Å²) in [6.45, 7) is 4.32. The zero-order valence-corrected chi connectivity index (χ0v) is 14.0. The van der Waals surface area contributed by atoms with Gasteiger partial charge in [0.25, 0.3) is 5.91 Å². The molecule has 3 N–H and O–H groups in total. The number of carbonyl (C=O) groups excluding carboxylic acids is 1. The normalized spacial score (nSPS) is 13.1. The molecule has 7 heteroatoms. The number of benzene rings is 1. The Hall–Kier alpha value is -1.31. The van der Waals surface area contributed by atoms with Gasteiger partial charge in [0.05, 0.1) is 11.9 Å². The average molecular weight is 327 g/mol. The zero-order valence-electron chi connectivity index (χ0n) is 12.4. The Morgan fingerprint density at radius 2 is 1.95 bits per heavy atom. The van der Waals surface area contributed by atoms with Crippen LogP contribution in [0.1, 0.15) is 13.8 Å². The molecule has 0 aliphatic rings. The zero-order chi connectivity index (χ0) is 15.7. The summed E-state index contributed by atoms with van der Waals surface area (Å²) >= 11 is 6.57. The lowest BCUT2D eigenvalue weighted by Crippen LogP contribution is -2.51. The lowest BCUT2D eigenvalue weighted by Gasteiger charge is -2.18. The van der Waals surface area contributed by atoms with Crippen molar-refractivity contribution in [3.8, 4) is 0 Å². The van der Waals surface area contributed by atoms with E-state index in [1.165, 1.54) is 11.8 Å². The fourth-order valence-electron chi connectivity index (χ4n) is 1.53. The molecule has 0 bridgehead atoms. The molecule has 1 amide bonds. The van der Waals surface area contributed by atoms with Gasteiger partial charge < -0.3 is 10.1 Å². The first kappa shape index (κ1) is 17.7. The molecule has 0 saturated carbocycles. The number of thiocarbonyl (C=S) groups is 1. The third kappa shape index (κ3) is 7.31. The summed E-state index contributed by atoms with van der Waals surface area (Å²) < 4.78 is 4.99. The minimum atomic E-state index is -0.223. The number of hydrogen-bond donors (Lipinski definition) is 3. The van der Waals surface area contributed by atoms with E-state index in [0.29, 0.717) is 11.7 Å². The summed E-state index contributed by atoms with van der Waals surface area (Å²) in [7, 11) is 1.62. The molecule has 0 unspecified atom stereocenters. The molecule has 1 aromatic rings. The molecule has 1 rings (SSSR count). The van der Waals surface area contributed by atoms with Crippen LogP contribution in [0.2, 0.25) is 0 Å². The van der Waals surface area contributed by atoms with Crippen molar-refractivity contribution in [1.29, 1.82) is 0 Å². The second-order valence-electron chi connectivity index (χ2n) is 4.52. The van der Waals surface area contributed by atoms with Crippen molar-refractivity contribution in [1.82, 2.24) is 16.2 Å². The highest BCUT2D eigenvalue weighted by atomic mass is 32.2. The molecule has 0 aromatic heterocycles. The molecule has 0 aliphatic carbocycles. The van der Waals surface area contributed by atoms with Gasteiger partial charge in [-0.2, -0.15) is 0 Å². The molecule has 21 heavy (non-hydrogen) atoms. The summed E-state index contributed by atoms with van der Waals surface area (Å²) in [5.41, 5.74) is 5.29. The highest BCUT2D eigenvalue weighted by molar-refractivity contribution is 8.00. The van der Waals surface area contributed by atoms with Crippen molar-refractivity contribution < 1.29 is 9.53 Å². The van der Waals surface area contributed by atoms with Crippen molar-refractivity contribution in [2.75, 3.05) is 13.7 Å². The van der Waals surface area contributed by atoms with E-state index in [4.69, 9.17) is 17.0 Å². The highest BCUT2D eigenvalue weighted by Gasteiger charge is 2.14. The monoisotopic (exact) mass is 327 g/mol. The van der Waals surface area contributed by atoms with Crippen LogP contribution in [-0.2, 0) is 9.53 Å². The molecule has 0 fully saturated rings. The summed E-state index contributed by atoms with van der Waals surface area (Å²) in [6.07, 6.45) is 0. The van der Waals surface area contributed by atoms with Crippen LogP contribution < -0.4 is 16.2 Å². The van der Waals surface area contributed by atoms with E-state index >= 15 is 0 Å². The molecule has 0 saturated heterocycles. The number of nitrogens with one attached hydrogen (secondary N) is 3. The van der Waals surface area contributed by atoms with E-state index in [0.717, 1.165) is 4.90 Å². The van der Waals surface area contributed by atoms with E-state index in [2.05, 4.69) is 16.2 Å². The van der Waals surface area contributed by atoms with Crippen molar-refractivity contribution in [2.24, 2.45) is 0 Å². The van der Waals surface area contributed by atoms with Crippen LogP contribution in [0.4, 0.5) is 0 Å². The number of hydrogen-bond acceptors (Lipinski definition) is 4. The van der Waals surface area contributed by atoms with Gasteiger partial charge in [-0.25, -0.2) is 0 Å². The summed E-state index contributed by atoms with van der Waals surface area (Å²) in [5, 5.41) is 3.14. The Labute approximate surface area is 135 Å². The summed E-state index contributed by atoms with van der Waals surface area (Å²) in [4.78, 5) is 13.0. The number of carbonyl (C=O) groups is 1. The molecule has 0 heterocycles. The maximum absolute atomic E-state index is 12.0. The second-order valence-corrected chi connectivity index (χ2v) is 6.34. The molecule has 0 radical (unpaired) electrons. The van der Waals surface area contributed by atoms with Crippen LogP contribution in [0.3, 0.4) is 0 Å². The molecular formula is C14H21N3O2S2. The van der Waals surface area contributed by atoms with Gasteiger partial charge >= 0.3 is 0 Å². The van der Waals surface area contributed by atoms with Gasteiger partial charge in [-0.15, -0.1) is 11.8 Å². The van der Waals surface area contributed by atoms with Crippen molar-refractivity contribution >= 4 is 35.0 Å². The van der Waals surface area contributed by atoms with Crippen molar-refractivity contribution in [2.45, 2.75) is 30.0 Å². The number of ether oxygens (including phenoxy) is 1. The maximum atomic E-state index is 12.0. The van der Waals surface area contributed by atoms with Crippen LogP contribution in [0, 0.1) is 0 Å². The highest BCUT2D eigenvalue weighted by Crippen LogP contribution is 2.22. The average Bonchev–Trinajstić information content (AvgIpc) is 2.46. The van der Waals surface area contributed by atoms with E-state index in [9.17, 15) is 4.79 Å². The van der Waals surface area contributed by atoms with Gasteiger partial charge in [0.1, 0.15) is 0 Å². The lowest BCUT2D eigenvalue weighted by atomic mass is 10.4. The van der Waals surface area contributed by atoms with E-state index < -0.39 is 0 Å². The lowest BCUT2D eigenvalue weighted by molar-refractivity contribution is -0.120. The predicted octanol–water partition coefficient (Wildman–Crippen LogP) is 1.70. The predicted molar refractivity (Wildman–Crippen MR) is 90.1 cm³/mol. The number of methoxy groups -OCH3 is 1. The molecule has 0 aliphatic heterocycles. The summed E-state index contributed by atoms with van der Waals surface area (Å²) in [6, 6.07) is 9.86. The fraction of sp³-hybridized carbons (Fsp3) is 0.429. The standard InChI is InChI=1S/C14H21N3O2S2/c1-10(9-19-3)15-14(20)17-16-13(18)11(2)21-12-7-5-4-6-8-12/h4-8,10-11H,9H2,1-3H3,(H,16,18)(H2,15,17,20)/t10-,11+/m0/s1. The molecule has 2 atom stereocenters. The van der Waals surface area contributed by atoms with Crippen LogP contribution in [-0.4, -0.2) is 36.0 Å². The molecular weight excluding hydrogens is 306 g/mol. The SMILES string of the molecule is COC[C@H](C)NC(=S)NNC(=O)[C@@H](C)Sc1ccccc1. The number of amides is 1.